The lowest BCUT2D eigenvalue weighted by atomic mass is 10.2. The summed E-state index contributed by atoms with van der Waals surface area (Å²) in [6.45, 7) is 2.07. The summed E-state index contributed by atoms with van der Waals surface area (Å²) in [5.74, 6) is 0. The molecule has 3 nitrogen and oxygen atoms in total. The van der Waals surface area contributed by atoms with Crippen LogP contribution in [0.5, 0.6) is 0 Å². The van der Waals surface area contributed by atoms with Crippen LogP contribution in [-0.4, -0.2) is 15.0 Å². The average Bonchev–Trinajstić information content (AvgIpc) is 2.88. The first-order valence-electron chi connectivity index (χ1n) is 6.62. The summed E-state index contributed by atoms with van der Waals surface area (Å²) in [5.41, 5.74) is 6.99. The standard InChI is InChI=1S/C17H13N3/c1-11-7-8-13-15(9-11)18-16-10-14(20-17(16)19-13)12-5-3-2-4-6-12/h2-10H,1H3,(H,19,20). The lowest BCUT2D eigenvalue weighted by Crippen LogP contribution is -1.86. The van der Waals surface area contributed by atoms with Gasteiger partial charge in [-0.15, -0.1) is 0 Å². The third-order valence-electron chi connectivity index (χ3n) is 3.47. The third-order valence-corrected chi connectivity index (χ3v) is 3.47. The zero-order chi connectivity index (χ0) is 13.5. The third kappa shape index (κ3) is 1.75. The van der Waals surface area contributed by atoms with Gasteiger partial charge in [-0.1, -0.05) is 36.4 Å². The highest BCUT2D eigenvalue weighted by Crippen LogP contribution is 2.23. The second-order valence-electron chi connectivity index (χ2n) is 5.00. The van der Waals surface area contributed by atoms with Crippen LogP contribution in [0.1, 0.15) is 5.56 Å². The van der Waals surface area contributed by atoms with Crippen molar-refractivity contribution in [2.24, 2.45) is 0 Å². The van der Waals surface area contributed by atoms with Gasteiger partial charge >= 0.3 is 0 Å². The summed E-state index contributed by atoms with van der Waals surface area (Å²) in [6.07, 6.45) is 0. The second-order valence-corrected chi connectivity index (χ2v) is 5.00. The monoisotopic (exact) mass is 259 g/mol. The van der Waals surface area contributed by atoms with Gasteiger partial charge in [-0.2, -0.15) is 0 Å². The van der Waals surface area contributed by atoms with Crippen molar-refractivity contribution >= 4 is 22.2 Å². The average molecular weight is 259 g/mol. The molecule has 1 N–H and O–H groups in total. The van der Waals surface area contributed by atoms with Gasteiger partial charge in [0.25, 0.3) is 0 Å². The van der Waals surface area contributed by atoms with Gasteiger partial charge in [-0.25, -0.2) is 9.97 Å². The first kappa shape index (κ1) is 11.2. The number of H-pyrrole nitrogens is 1. The molecule has 0 aliphatic rings. The lowest BCUT2D eigenvalue weighted by Gasteiger charge is -1.98. The molecule has 0 aliphatic heterocycles. The molecule has 20 heavy (non-hydrogen) atoms. The number of nitrogens with one attached hydrogen (secondary N) is 1. The number of hydrogen-bond donors (Lipinski definition) is 1. The van der Waals surface area contributed by atoms with Crippen LogP contribution in [0.2, 0.25) is 0 Å². The van der Waals surface area contributed by atoms with E-state index in [-0.39, 0.29) is 0 Å². The van der Waals surface area contributed by atoms with E-state index < -0.39 is 0 Å². The molecule has 2 aromatic heterocycles. The number of benzene rings is 2. The Kier molecular flexibility index (Phi) is 2.33. The zero-order valence-electron chi connectivity index (χ0n) is 11.1. The van der Waals surface area contributed by atoms with Gasteiger partial charge in [0, 0.05) is 5.69 Å². The Balaban J connectivity index is 1.97. The second kappa shape index (κ2) is 4.17. The first-order valence-corrected chi connectivity index (χ1v) is 6.62. The van der Waals surface area contributed by atoms with Crippen molar-refractivity contribution in [3.8, 4) is 11.3 Å². The van der Waals surface area contributed by atoms with Gasteiger partial charge in [0.05, 0.1) is 11.0 Å². The Morgan fingerprint density at radius 3 is 2.50 bits per heavy atom. The van der Waals surface area contributed by atoms with Crippen LogP contribution < -0.4 is 0 Å². The molecule has 0 atom stereocenters. The number of aromatic amines is 1. The minimum Gasteiger partial charge on any atom is -0.338 e. The Morgan fingerprint density at radius 1 is 0.800 bits per heavy atom. The van der Waals surface area contributed by atoms with E-state index in [2.05, 4.69) is 47.2 Å². The van der Waals surface area contributed by atoms with Crippen LogP contribution in [0.15, 0.2) is 54.6 Å². The van der Waals surface area contributed by atoms with Gasteiger partial charge in [0.2, 0.25) is 0 Å². The number of fused-ring (bicyclic) bond motifs is 2. The first-order chi connectivity index (χ1) is 9.79. The molecule has 0 fully saturated rings. The van der Waals surface area contributed by atoms with Gasteiger partial charge in [0.15, 0.2) is 5.65 Å². The normalized spacial score (nSPS) is 11.2. The van der Waals surface area contributed by atoms with E-state index in [1.165, 1.54) is 5.56 Å². The molecule has 0 spiro atoms. The molecule has 0 saturated carbocycles. The van der Waals surface area contributed by atoms with E-state index in [4.69, 9.17) is 4.98 Å². The number of hydrogen-bond acceptors (Lipinski definition) is 2. The van der Waals surface area contributed by atoms with Crippen molar-refractivity contribution < 1.29 is 0 Å². The van der Waals surface area contributed by atoms with Crippen molar-refractivity contribution in [2.45, 2.75) is 6.92 Å². The maximum atomic E-state index is 4.69. The van der Waals surface area contributed by atoms with E-state index in [0.717, 1.165) is 33.5 Å². The molecule has 4 rings (SSSR count). The van der Waals surface area contributed by atoms with Crippen LogP contribution in [0, 0.1) is 6.92 Å². The summed E-state index contributed by atoms with van der Waals surface area (Å²) < 4.78 is 0. The van der Waals surface area contributed by atoms with Gasteiger partial charge in [-0.05, 0) is 36.2 Å². The van der Waals surface area contributed by atoms with Crippen LogP contribution in [0.25, 0.3) is 33.5 Å². The summed E-state index contributed by atoms with van der Waals surface area (Å²) in [6, 6.07) is 18.4. The summed E-state index contributed by atoms with van der Waals surface area (Å²) in [4.78, 5) is 12.7. The molecule has 96 valence electrons. The van der Waals surface area contributed by atoms with Gasteiger partial charge in [0.1, 0.15) is 5.52 Å². The molecule has 0 radical (unpaired) electrons. The topological polar surface area (TPSA) is 41.6 Å². The van der Waals surface area contributed by atoms with Crippen LogP contribution >= 0.6 is 0 Å². The number of rotatable bonds is 1. The van der Waals surface area contributed by atoms with E-state index in [1.807, 2.05) is 24.3 Å². The lowest BCUT2D eigenvalue weighted by molar-refractivity contribution is 1.33. The van der Waals surface area contributed by atoms with Crippen LogP contribution in [-0.2, 0) is 0 Å². The van der Waals surface area contributed by atoms with Gasteiger partial charge < -0.3 is 4.98 Å². The van der Waals surface area contributed by atoms with Crippen molar-refractivity contribution in [3.63, 3.8) is 0 Å². The molecule has 0 amide bonds. The molecular formula is C17H13N3. The van der Waals surface area contributed by atoms with Crippen molar-refractivity contribution in [1.82, 2.24) is 15.0 Å². The molecular weight excluding hydrogens is 246 g/mol. The smallest absolute Gasteiger partial charge is 0.157 e. The molecule has 0 bridgehead atoms. The van der Waals surface area contributed by atoms with Crippen molar-refractivity contribution in [3.05, 3.63) is 60.2 Å². The number of nitrogens with zero attached hydrogens (tertiary/aromatic N) is 2. The molecule has 3 heteroatoms. The van der Waals surface area contributed by atoms with Crippen molar-refractivity contribution in [2.75, 3.05) is 0 Å². The minimum atomic E-state index is 0.834. The van der Waals surface area contributed by atoms with Crippen LogP contribution in [0.3, 0.4) is 0 Å². The predicted octanol–water partition coefficient (Wildman–Crippen LogP) is 4.09. The quantitative estimate of drug-likeness (QED) is 0.559. The highest BCUT2D eigenvalue weighted by Gasteiger charge is 2.07. The Labute approximate surface area is 116 Å². The maximum Gasteiger partial charge on any atom is 0.157 e. The SMILES string of the molecule is Cc1ccc2nc3[nH]c(-c4ccccc4)cc3nc2c1. The molecule has 4 aromatic rings. The highest BCUT2D eigenvalue weighted by atomic mass is 14.9. The molecule has 2 aromatic carbocycles. The Bertz CT molecular complexity index is 907. The fraction of sp³-hybridized carbons (Fsp3) is 0.0588. The predicted molar refractivity (Wildman–Crippen MR) is 81.6 cm³/mol. The Morgan fingerprint density at radius 2 is 1.65 bits per heavy atom. The summed E-state index contributed by atoms with van der Waals surface area (Å²) in [7, 11) is 0. The van der Waals surface area contributed by atoms with E-state index in [0.29, 0.717) is 0 Å². The summed E-state index contributed by atoms with van der Waals surface area (Å²) >= 11 is 0. The Hall–Kier alpha value is -2.68. The molecule has 0 unspecified atom stereocenters. The van der Waals surface area contributed by atoms with Crippen LogP contribution in [0.4, 0.5) is 0 Å². The minimum absolute atomic E-state index is 0.834. The van der Waals surface area contributed by atoms with Gasteiger partial charge in [-0.3, -0.25) is 0 Å². The number of aromatic nitrogens is 3. The molecule has 0 saturated heterocycles. The summed E-state index contributed by atoms with van der Waals surface area (Å²) in [5, 5.41) is 0. The fourth-order valence-corrected chi connectivity index (χ4v) is 2.44. The highest BCUT2D eigenvalue weighted by molar-refractivity contribution is 5.88. The fourth-order valence-electron chi connectivity index (χ4n) is 2.44. The van der Waals surface area contributed by atoms with E-state index in [9.17, 15) is 0 Å². The zero-order valence-corrected chi connectivity index (χ0v) is 11.1. The van der Waals surface area contributed by atoms with Crippen molar-refractivity contribution in [1.29, 1.82) is 0 Å². The largest absolute Gasteiger partial charge is 0.338 e. The molecule has 2 heterocycles. The van der Waals surface area contributed by atoms with E-state index in [1.54, 1.807) is 0 Å². The maximum absolute atomic E-state index is 4.69. The molecule has 0 aliphatic carbocycles. The number of aryl methyl sites for hydroxylation is 1. The van der Waals surface area contributed by atoms with E-state index >= 15 is 0 Å².